The Balaban J connectivity index is 1.59. The number of hydrogen-bond donors (Lipinski definition) is 1. The quantitative estimate of drug-likeness (QED) is 0.677. The molecular weight excluding hydrogens is 344 g/mol. The van der Waals surface area contributed by atoms with Gasteiger partial charge in [-0.3, -0.25) is 4.79 Å². The van der Waals surface area contributed by atoms with Crippen LogP contribution in [0.15, 0.2) is 53.1 Å². The van der Waals surface area contributed by atoms with E-state index in [1.165, 1.54) is 0 Å². The van der Waals surface area contributed by atoms with Crippen LogP contribution in [-0.2, 0) is 11.2 Å². The van der Waals surface area contributed by atoms with Gasteiger partial charge in [0.2, 0.25) is 5.91 Å². The van der Waals surface area contributed by atoms with Crippen molar-refractivity contribution in [2.24, 2.45) is 0 Å². The SMILES string of the molecule is COc1ccc(OC)c(CCC(=O)Nc2ccc(-c3coc(C)n3)cc2)c1. The number of anilines is 1. The molecule has 0 aliphatic heterocycles. The zero-order valence-corrected chi connectivity index (χ0v) is 15.6. The Bertz CT molecular complexity index is 916. The number of benzene rings is 2. The number of ether oxygens (including phenoxy) is 2. The lowest BCUT2D eigenvalue weighted by molar-refractivity contribution is -0.116. The van der Waals surface area contributed by atoms with Gasteiger partial charge in [-0.05, 0) is 42.3 Å². The molecule has 1 heterocycles. The van der Waals surface area contributed by atoms with Crippen LogP contribution in [0.3, 0.4) is 0 Å². The van der Waals surface area contributed by atoms with Crippen LogP contribution < -0.4 is 14.8 Å². The number of nitrogens with zero attached hydrogens (tertiary/aromatic N) is 1. The minimum absolute atomic E-state index is 0.0649. The largest absolute Gasteiger partial charge is 0.497 e. The highest BCUT2D eigenvalue weighted by Crippen LogP contribution is 2.25. The van der Waals surface area contributed by atoms with E-state index in [9.17, 15) is 4.79 Å². The van der Waals surface area contributed by atoms with Gasteiger partial charge in [-0.15, -0.1) is 0 Å². The minimum Gasteiger partial charge on any atom is -0.497 e. The normalized spacial score (nSPS) is 10.5. The maximum atomic E-state index is 12.3. The van der Waals surface area contributed by atoms with E-state index in [2.05, 4.69) is 10.3 Å². The van der Waals surface area contributed by atoms with E-state index in [-0.39, 0.29) is 5.91 Å². The highest BCUT2D eigenvalue weighted by atomic mass is 16.5. The molecule has 0 unspecified atom stereocenters. The Hall–Kier alpha value is -3.28. The number of hydrogen-bond acceptors (Lipinski definition) is 5. The second kappa shape index (κ2) is 8.40. The van der Waals surface area contributed by atoms with E-state index in [0.717, 1.165) is 34.0 Å². The summed E-state index contributed by atoms with van der Waals surface area (Å²) in [6, 6.07) is 13.1. The van der Waals surface area contributed by atoms with Crippen molar-refractivity contribution < 1.29 is 18.7 Å². The van der Waals surface area contributed by atoms with Gasteiger partial charge in [0, 0.05) is 24.6 Å². The van der Waals surface area contributed by atoms with Crippen LogP contribution in [0.4, 0.5) is 5.69 Å². The van der Waals surface area contributed by atoms with Crippen LogP contribution >= 0.6 is 0 Å². The zero-order chi connectivity index (χ0) is 19.2. The van der Waals surface area contributed by atoms with Crippen LogP contribution in [-0.4, -0.2) is 25.1 Å². The molecular formula is C21H22N2O4. The van der Waals surface area contributed by atoms with Crippen molar-refractivity contribution in [2.75, 3.05) is 19.5 Å². The van der Waals surface area contributed by atoms with Crippen molar-refractivity contribution in [1.82, 2.24) is 4.98 Å². The summed E-state index contributed by atoms with van der Waals surface area (Å²) in [5.74, 6) is 2.04. The number of rotatable bonds is 7. The van der Waals surface area contributed by atoms with Gasteiger partial charge in [0.25, 0.3) is 0 Å². The average Bonchev–Trinajstić information content (AvgIpc) is 3.13. The number of aryl methyl sites for hydroxylation is 2. The fourth-order valence-corrected chi connectivity index (χ4v) is 2.77. The van der Waals surface area contributed by atoms with E-state index in [0.29, 0.717) is 18.7 Å². The number of methoxy groups -OCH3 is 2. The summed E-state index contributed by atoms with van der Waals surface area (Å²) < 4.78 is 15.8. The molecule has 6 heteroatoms. The lowest BCUT2D eigenvalue weighted by Crippen LogP contribution is -2.12. The molecule has 0 aliphatic rings. The first-order valence-corrected chi connectivity index (χ1v) is 8.62. The molecule has 1 aromatic heterocycles. The Morgan fingerprint density at radius 2 is 1.89 bits per heavy atom. The van der Waals surface area contributed by atoms with Gasteiger partial charge in [-0.25, -0.2) is 4.98 Å². The number of carbonyl (C=O) groups is 1. The predicted octanol–water partition coefficient (Wildman–Crippen LogP) is 4.24. The Labute approximate surface area is 158 Å². The van der Waals surface area contributed by atoms with Crippen molar-refractivity contribution in [2.45, 2.75) is 19.8 Å². The maximum Gasteiger partial charge on any atom is 0.224 e. The number of aromatic nitrogens is 1. The third-order valence-electron chi connectivity index (χ3n) is 4.19. The van der Waals surface area contributed by atoms with Crippen molar-refractivity contribution >= 4 is 11.6 Å². The Morgan fingerprint density at radius 1 is 1.11 bits per heavy atom. The lowest BCUT2D eigenvalue weighted by atomic mass is 10.1. The molecule has 6 nitrogen and oxygen atoms in total. The molecule has 0 spiro atoms. The molecule has 3 rings (SSSR count). The predicted molar refractivity (Wildman–Crippen MR) is 103 cm³/mol. The Kier molecular flexibility index (Phi) is 5.76. The van der Waals surface area contributed by atoms with Crippen molar-refractivity contribution in [3.63, 3.8) is 0 Å². The summed E-state index contributed by atoms with van der Waals surface area (Å²) in [5.41, 5.74) is 3.38. The summed E-state index contributed by atoms with van der Waals surface area (Å²) in [7, 11) is 3.23. The molecule has 0 saturated carbocycles. The number of amides is 1. The van der Waals surface area contributed by atoms with E-state index in [1.54, 1.807) is 27.4 Å². The van der Waals surface area contributed by atoms with Gasteiger partial charge in [0.15, 0.2) is 5.89 Å². The molecule has 1 amide bonds. The Morgan fingerprint density at radius 3 is 2.52 bits per heavy atom. The molecule has 0 bridgehead atoms. The summed E-state index contributed by atoms with van der Waals surface area (Å²) in [5, 5.41) is 2.91. The smallest absolute Gasteiger partial charge is 0.224 e. The fraction of sp³-hybridized carbons (Fsp3) is 0.238. The topological polar surface area (TPSA) is 73.6 Å². The molecule has 0 saturated heterocycles. The monoisotopic (exact) mass is 366 g/mol. The van der Waals surface area contributed by atoms with Crippen molar-refractivity contribution in [1.29, 1.82) is 0 Å². The molecule has 0 radical (unpaired) electrons. The lowest BCUT2D eigenvalue weighted by Gasteiger charge is -2.11. The van der Waals surface area contributed by atoms with Crippen LogP contribution in [0.1, 0.15) is 17.9 Å². The molecule has 0 aliphatic carbocycles. The molecule has 1 N–H and O–H groups in total. The first kappa shape index (κ1) is 18.5. The van der Waals surface area contributed by atoms with Crippen LogP contribution in [0, 0.1) is 6.92 Å². The van der Waals surface area contributed by atoms with Gasteiger partial charge >= 0.3 is 0 Å². The van der Waals surface area contributed by atoms with Crippen molar-refractivity contribution in [3.05, 3.63) is 60.2 Å². The molecule has 140 valence electrons. The van der Waals surface area contributed by atoms with Crippen LogP contribution in [0.2, 0.25) is 0 Å². The van der Waals surface area contributed by atoms with Gasteiger partial charge in [0.05, 0.1) is 14.2 Å². The number of oxazole rings is 1. The summed E-state index contributed by atoms with van der Waals surface area (Å²) in [6.07, 6.45) is 2.51. The van der Waals surface area contributed by atoms with Crippen molar-refractivity contribution in [3.8, 4) is 22.8 Å². The second-order valence-corrected chi connectivity index (χ2v) is 6.06. The van der Waals surface area contributed by atoms with Gasteiger partial charge in [0.1, 0.15) is 23.5 Å². The first-order chi connectivity index (χ1) is 13.1. The zero-order valence-electron chi connectivity index (χ0n) is 15.6. The molecule has 3 aromatic rings. The second-order valence-electron chi connectivity index (χ2n) is 6.06. The molecule has 0 fully saturated rings. The van der Waals surface area contributed by atoms with Crippen LogP contribution in [0.25, 0.3) is 11.3 Å². The molecule has 2 aromatic carbocycles. The van der Waals surface area contributed by atoms with E-state index >= 15 is 0 Å². The molecule has 27 heavy (non-hydrogen) atoms. The standard InChI is InChI=1S/C21H22N2O4/c1-14-22-19(13-27-14)15-4-7-17(8-5-15)23-21(24)11-6-16-12-18(25-2)9-10-20(16)26-3/h4-5,7-10,12-13H,6,11H2,1-3H3,(H,23,24). The number of nitrogens with one attached hydrogen (secondary N) is 1. The van der Waals surface area contributed by atoms with Crippen LogP contribution in [0.5, 0.6) is 11.5 Å². The van der Waals surface area contributed by atoms with E-state index < -0.39 is 0 Å². The third kappa shape index (κ3) is 4.67. The average molecular weight is 366 g/mol. The molecule has 0 atom stereocenters. The summed E-state index contributed by atoms with van der Waals surface area (Å²) >= 11 is 0. The van der Waals surface area contributed by atoms with Gasteiger partial charge in [-0.2, -0.15) is 0 Å². The first-order valence-electron chi connectivity index (χ1n) is 8.62. The van der Waals surface area contributed by atoms with Gasteiger partial charge in [-0.1, -0.05) is 12.1 Å². The third-order valence-corrected chi connectivity index (χ3v) is 4.19. The highest BCUT2D eigenvalue weighted by Gasteiger charge is 2.09. The highest BCUT2D eigenvalue weighted by molar-refractivity contribution is 5.91. The fourth-order valence-electron chi connectivity index (χ4n) is 2.77. The summed E-state index contributed by atoms with van der Waals surface area (Å²) in [4.78, 5) is 16.6. The van der Waals surface area contributed by atoms with E-state index in [4.69, 9.17) is 13.9 Å². The maximum absolute atomic E-state index is 12.3. The summed E-state index contributed by atoms with van der Waals surface area (Å²) in [6.45, 7) is 1.80. The number of carbonyl (C=O) groups excluding carboxylic acids is 1. The van der Waals surface area contributed by atoms with Gasteiger partial charge < -0.3 is 19.2 Å². The van der Waals surface area contributed by atoms with E-state index in [1.807, 2.05) is 42.5 Å². The minimum atomic E-state index is -0.0649.